The summed E-state index contributed by atoms with van der Waals surface area (Å²) in [7, 11) is 0. The third-order valence-electron chi connectivity index (χ3n) is 5.91. The number of H-pyrrole nitrogens is 2. The quantitative estimate of drug-likeness (QED) is 0.377. The SMILES string of the molecule is CCN1CC=CC=C1c1c2nc(cc3ccc(cc4nc(cc5ccc1[nH]5)C=C4)[nH]3)C=C2. The number of allylic oxidation sites excluding steroid dienone is 2. The minimum absolute atomic E-state index is 0.896. The molecule has 0 aromatic carbocycles. The van der Waals surface area contributed by atoms with Gasteiger partial charge in [0.15, 0.2) is 0 Å². The number of aromatic amines is 2. The van der Waals surface area contributed by atoms with Crippen molar-refractivity contribution in [1.82, 2.24) is 24.8 Å². The topological polar surface area (TPSA) is 60.6 Å². The zero-order valence-corrected chi connectivity index (χ0v) is 17.8. The smallest absolute Gasteiger partial charge is 0.0751 e. The van der Waals surface area contributed by atoms with Gasteiger partial charge >= 0.3 is 0 Å². The Bertz CT molecular complexity index is 1490. The molecule has 0 fully saturated rings. The number of rotatable bonds is 2. The lowest BCUT2D eigenvalue weighted by Gasteiger charge is -2.27. The number of hydrogen-bond acceptors (Lipinski definition) is 3. The lowest BCUT2D eigenvalue weighted by Crippen LogP contribution is -2.24. The number of aromatic nitrogens is 4. The van der Waals surface area contributed by atoms with E-state index in [2.05, 4.69) is 94.6 Å². The summed E-state index contributed by atoms with van der Waals surface area (Å²) in [6.45, 7) is 4.02. The van der Waals surface area contributed by atoms with Crippen LogP contribution in [0.5, 0.6) is 0 Å². The second kappa shape index (κ2) is 7.54. The van der Waals surface area contributed by atoms with Gasteiger partial charge in [-0.15, -0.1) is 0 Å². The molecule has 3 aliphatic heterocycles. The van der Waals surface area contributed by atoms with Crippen LogP contribution >= 0.6 is 0 Å². The minimum atomic E-state index is 0.896. The van der Waals surface area contributed by atoms with Gasteiger partial charge in [-0.3, -0.25) is 0 Å². The summed E-state index contributed by atoms with van der Waals surface area (Å²) in [6.07, 6.45) is 14.8. The molecule has 0 aliphatic carbocycles. The number of fused-ring (bicyclic) bond motifs is 8. The van der Waals surface area contributed by atoms with E-state index in [1.807, 2.05) is 12.2 Å². The molecule has 156 valence electrons. The summed E-state index contributed by atoms with van der Waals surface area (Å²) in [5.41, 5.74) is 10.2. The Morgan fingerprint density at radius 1 is 0.812 bits per heavy atom. The van der Waals surface area contributed by atoms with Crippen molar-refractivity contribution in [1.29, 1.82) is 0 Å². The maximum Gasteiger partial charge on any atom is 0.0751 e. The molecule has 6 heterocycles. The molecule has 8 bridgehead atoms. The van der Waals surface area contributed by atoms with Crippen LogP contribution in [0.4, 0.5) is 0 Å². The molecule has 3 aromatic rings. The maximum atomic E-state index is 4.99. The van der Waals surface area contributed by atoms with Crippen molar-refractivity contribution < 1.29 is 0 Å². The molecule has 0 unspecified atom stereocenters. The Balaban J connectivity index is 1.69. The van der Waals surface area contributed by atoms with Gasteiger partial charge in [0.25, 0.3) is 0 Å². The third-order valence-corrected chi connectivity index (χ3v) is 5.91. The number of nitrogens with one attached hydrogen (secondary N) is 2. The summed E-state index contributed by atoms with van der Waals surface area (Å²) in [6, 6.07) is 14.6. The number of nitrogens with zero attached hydrogens (tertiary/aromatic N) is 3. The number of likely N-dealkylation sites (N-methyl/N-ethyl adjacent to an activating group) is 1. The highest BCUT2D eigenvalue weighted by atomic mass is 15.1. The van der Waals surface area contributed by atoms with E-state index in [-0.39, 0.29) is 0 Å². The zero-order valence-electron chi connectivity index (χ0n) is 17.8. The van der Waals surface area contributed by atoms with Crippen LogP contribution in [-0.4, -0.2) is 37.9 Å². The summed E-state index contributed by atoms with van der Waals surface area (Å²) in [4.78, 5) is 19.1. The average Bonchev–Trinajstić information content (AvgIpc) is 3.60. The van der Waals surface area contributed by atoms with Gasteiger partial charge in [-0.25, -0.2) is 9.97 Å². The van der Waals surface area contributed by atoms with Crippen LogP contribution in [0, 0.1) is 0 Å². The van der Waals surface area contributed by atoms with Gasteiger partial charge in [-0.1, -0.05) is 12.2 Å². The molecule has 0 amide bonds. The monoisotopic (exact) mass is 417 g/mol. The van der Waals surface area contributed by atoms with Crippen LogP contribution in [0.25, 0.3) is 52.1 Å². The van der Waals surface area contributed by atoms with Crippen molar-refractivity contribution in [3.05, 3.63) is 89.0 Å². The van der Waals surface area contributed by atoms with Gasteiger partial charge < -0.3 is 14.9 Å². The summed E-state index contributed by atoms with van der Waals surface area (Å²) in [5.74, 6) is 0. The van der Waals surface area contributed by atoms with E-state index in [9.17, 15) is 0 Å². The average molecular weight is 418 g/mol. The predicted molar refractivity (Wildman–Crippen MR) is 133 cm³/mol. The Morgan fingerprint density at radius 3 is 2.22 bits per heavy atom. The standard InChI is InChI=1S/C27H23N5/c1-2-32-14-4-3-5-26(32)27-24-12-10-22(30-24)16-20-8-6-18(28-20)15-19-7-9-21(29-19)17-23-11-13-25(27)31-23/h3-13,15-17,28,31H,2,14H2,1H3. The van der Waals surface area contributed by atoms with Gasteiger partial charge in [0.1, 0.15) is 0 Å². The molecule has 0 spiro atoms. The van der Waals surface area contributed by atoms with Gasteiger partial charge in [0.2, 0.25) is 0 Å². The lowest BCUT2D eigenvalue weighted by atomic mass is 10.1. The van der Waals surface area contributed by atoms with E-state index >= 15 is 0 Å². The van der Waals surface area contributed by atoms with Gasteiger partial charge in [-0.2, -0.15) is 0 Å². The molecule has 6 rings (SSSR count). The van der Waals surface area contributed by atoms with Gasteiger partial charge in [-0.05, 0) is 79.8 Å². The first-order valence-electron chi connectivity index (χ1n) is 10.9. The third kappa shape index (κ3) is 3.38. The molecular formula is C27H23N5. The van der Waals surface area contributed by atoms with E-state index in [4.69, 9.17) is 9.97 Å². The summed E-state index contributed by atoms with van der Waals surface area (Å²) < 4.78 is 0. The number of hydrogen-bond donors (Lipinski definition) is 2. The Morgan fingerprint density at radius 2 is 1.47 bits per heavy atom. The molecular weight excluding hydrogens is 394 g/mol. The van der Waals surface area contributed by atoms with E-state index in [1.165, 1.54) is 5.70 Å². The van der Waals surface area contributed by atoms with Crippen LogP contribution < -0.4 is 0 Å². The molecule has 0 saturated heterocycles. The molecule has 3 aromatic heterocycles. The van der Waals surface area contributed by atoms with Crippen LogP contribution in [-0.2, 0) is 0 Å². The van der Waals surface area contributed by atoms with Crippen LogP contribution in [0.3, 0.4) is 0 Å². The van der Waals surface area contributed by atoms with E-state index in [1.54, 1.807) is 0 Å². The minimum Gasteiger partial charge on any atom is -0.367 e. The second-order valence-corrected chi connectivity index (χ2v) is 8.07. The molecule has 5 nitrogen and oxygen atoms in total. The van der Waals surface area contributed by atoms with Crippen molar-refractivity contribution >= 4 is 52.1 Å². The van der Waals surface area contributed by atoms with Gasteiger partial charge in [0, 0.05) is 40.9 Å². The molecule has 0 radical (unpaired) electrons. The van der Waals surface area contributed by atoms with Crippen molar-refractivity contribution in [2.24, 2.45) is 0 Å². The second-order valence-electron chi connectivity index (χ2n) is 8.07. The highest BCUT2D eigenvalue weighted by molar-refractivity contribution is 5.88. The fraction of sp³-hybridized carbons (Fsp3) is 0.111. The molecule has 0 saturated carbocycles. The van der Waals surface area contributed by atoms with Crippen LogP contribution in [0.2, 0.25) is 0 Å². The zero-order chi connectivity index (χ0) is 21.5. The van der Waals surface area contributed by atoms with E-state index in [0.29, 0.717) is 0 Å². The largest absolute Gasteiger partial charge is 0.367 e. The van der Waals surface area contributed by atoms with Crippen LogP contribution in [0.1, 0.15) is 35.3 Å². The van der Waals surface area contributed by atoms with E-state index < -0.39 is 0 Å². The van der Waals surface area contributed by atoms with E-state index in [0.717, 1.165) is 63.5 Å². The van der Waals surface area contributed by atoms with Crippen molar-refractivity contribution in [3.8, 4) is 0 Å². The molecule has 5 heteroatoms. The normalized spacial score (nSPS) is 14.8. The van der Waals surface area contributed by atoms with Crippen molar-refractivity contribution in [3.63, 3.8) is 0 Å². The first kappa shape index (κ1) is 18.6. The maximum absolute atomic E-state index is 4.99. The Kier molecular flexibility index (Phi) is 4.39. The summed E-state index contributed by atoms with van der Waals surface area (Å²) >= 11 is 0. The van der Waals surface area contributed by atoms with Crippen LogP contribution in [0.15, 0.2) is 60.7 Å². The first-order chi connectivity index (χ1) is 15.7. The Labute approximate surface area is 186 Å². The first-order valence-corrected chi connectivity index (χ1v) is 10.9. The lowest BCUT2D eigenvalue weighted by molar-refractivity contribution is 0.460. The highest BCUT2D eigenvalue weighted by Crippen LogP contribution is 2.30. The van der Waals surface area contributed by atoms with Gasteiger partial charge in [0.05, 0.1) is 28.3 Å². The fourth-order valence-electron chi connectivity index (χ4n) is 4.37. The Hall–Kier alpha value is -4.12. The van der Waals surface area contributed by atoms with Crippen molar-refractivity contribution in [2.45, 2.75) is 6.92 Å². The molecule has 2 N–H and O–H groups in total. The highest BCUT2D eigenvalue weighted by Gasteiger charge is 2.18. The predicted octanol–water partition coefficient (Wildman–Crippen LogP) is 5.89. The fourth-order valence-corrected chi connectivity index (χ4v) is 4.37. The van der Waals surface area contributed by atoms with Crippen molar-refractivity contribution in [2.75, 3.05) is 13.1 Å². The molecule has 0 atom stereocenters. The molecule has 3 aliphatic rings. The summed E-state index contributed by atoms with van der Waals surface area (Å²) in [5, 5.41) is 0. The molecule has 32 heavy (non-hydrogen) atoms.